The molecule has 0 unspecified atom stereocenters. The first-order chi connectivity index (χ1) is 9.83. The molecule has 7 heteroatoms. The second kappa shape index (κ2) is 5.62. The van der Waals surface area contributed by atoms with E-state index in [9.17, 15) is 4.79 Å². The van der Waals surface area contributed by atoms with Gasteiger partial charge in [-0.1, -0.05) is 23.4 Å². The zero-order valence-corrected chi connectivity index (χ0v) is 11.2. The minimum Gasteiger partial charge on any atom is -0.344 e. The van der Waals surface area contributed by atoms with Crippen molar-refractivity contribution in [2.24, 2.45) is 0 Å². The molecule has 0 saturated heterocycles. The minimum atomic E-state index is -0.262. The number of para-hydroxylation sites is 1. The maximum Gasteiger partial charge on any atom is 0.273 e. The fourth-order valence-electron chi connectivity index (χ4n) is 1.66. The maximum absolute atomic E-state index is 11.9. The Kier molecular flexibility index (Phi) is 3.51. The Bertz CT molecular complexity index is 693. The van der Waals surface area contributed by atoms with Crippen molar-refractivity contribution >= 4 is 17.2 Å². The summed E-state index contributed by atoms with van der Waals surface area (Å²) in [6.07, 6.45) is 3.31. The molecule has 1 N–H and O–H groups in total. The molecule has 0 radical (unpaired) electrons. The van der Waals surface area contributed by atoms with Crippen LogP contribution in [0.3, 0.4) is 0 Å². The third-order valence-electron chi connectivity index (χ3n) is 2.63. The summed E-state index contributed by atoms with van der Waals surface area (Å²) in [4.78, 5) is 16.0. The van der Waals surface area contributed by atoms with Gasteiger partial charge in [0.25, 0.3) is 5.91 Å². The van der Waals surface area contributed by atoms with Gasteiger partial charge in [-0.3, -0.25) is 4.79 Å². The van der Waals surface area contributed by atoms with Crippen LogP contribution in [0.25, 0.3) is 5.69 Å². The average molecular weight is 285 g/mol. The van der Waals surface area contributed by atoms with Gasteiger partial charge in [0, 0.05) is 11.6 Å². The molecular formula is C13H11N5OS. The third-order valence-corrected chi connectivity index (χ3v) is 3.41. The number of benzene rings is 1. The highest BCUT2D eigenvalue weighted by Gasteiger charge is 2.11. The van der Waals surface area contributed by atoms with Crippen LogP contribution < -0.4 is 5.32 Å². The Morgan fingerprint density at radius 2 is 2.15 bits per heavy atom. The molecule has 0 aliphatic carbocycles. The van der Waals surface area contributed by atoms with Crippen molar-refractivity contribution in [1.82, 2.24) is 25.3 Å². The summed E-state index contributed by atoms with van der Waals surface area (Å²) >= 11 is 1.50. The lowest BCUT2D eigenvalue weighted by Gasteiger charge is -1.99. The van der Waals surface area contributed by atoms with Gasteiger partial charge in [0.05, 0.1) is 18.4 Å². The van der Waals surface area contributed by atoms with Gasteiger partial charge in [-0.15, -0.1) is 16.4 Å². The van der Waals surface area contributed by atoms with E-state index in [2.05, 4.69) is 20.6 Å². The number of aromatic nitrogens is 4. The van der Waals surface area contributed by atoms with Gasteiger partial charge in [-0.25, -0.2) is 9.67 Å². The zero-order chi connectivity index (χ0) is 13.8. The molecular weight excluding hydrogens is 274 g/mol. The summed E-state index contributed by atoms with van der Waals surface area (Å²) in [6.45, 7) is 0.398. The van der Waals surface area contributed by atoms with E-state index in [4.69, 9.17) is 0 Å². The van der Waals surface area contributed by atoms with Crippen molar-refractivity contribution in [2.45, 2.75) is 6.54 Å². The summed E-state index contributed by atoms with van der Waals surface area (Å²) in [7, 11) is 0. The van der Waals surface area contributed by atoms with E-state index in [1.807, 2.05) is 35.7 Å². The van der Waals surface area contributed by atoms with E-state index in [0.717, 1.165) is 10.7 Å². The molecule has 0 aliphatic heterocycles. The number of nitrogens with zero attached hydrogens (tertiary/aromatic N) is 4. The first kappa shape index (κ1) is 12.5. The van der Waals surface area contributed by atoms with Gasteiger partial charge in [0.15, 0.2) is 5.69 Å². The van der Waals surface area contributed by atoms with E-state index >= 15 is 0 Å². The second-order valence-electron chi connectivity index (χ2n) is 3.99. The van der Waals surface area contributed by atoms with Crippen LogP contribution >= 0.6 is 11.3 Å². The van der Waals surface area contributed by atoms with E-state index in [-0.39, 0.29) is 11.6 Å². The van der Waals surface area contributed by atoms with Crippen molar-refractivity contribution in [3.63, 3.8) is 0 Å². The highest BCUT2D eigenvalue weighted by atomic mass is 32.1. The number of amides is 1. The topological polar surface area (TPSA) is 72.7 Å². The lowest BCUT2D eigenvalue weighted by atomic mass is 10.3. The van der Waals surface area contributed by atoms with Gasteiger partial charge in [0.1, 0.15) is 5.01 Å². The van der Waals surface area contributed by atoms with E-state index in [1.54, 1.807) is 17.1 Å². The van der Waals surface area contributed by atoms with Crippen LogP contribution in [0.2, 0.25) is 0 Å². The molecule has 1 aromatic carbocycles. The molecule has 0 bridgehead atoms. The number of carbonyl (C=O) groups excluding carboxylic acids is 1. The monoisotopic (exact) mass is 285 g/mol. The lowest BCUT2D eigenvalue weighted by Crippen LogP contribution is -2.23. The van der Waals surface area contributed by atoms with Crippen molar-refractivity contribution in [3.8, 4) is 5.69 Å². The molecule has 3 aromatic rings. The molecule has 20 heavy (non-hydrogen) atoms. The van der Waals surface area contributed by atoms with Gasteiger partial charge in [-0.05, 0) is 12.1 Å². The summed E-state index contributed by atoms with van der Waals surface area (Å²) in [5.74, 6) is -0.262. The molecule has 0 aliphatic rings. The smallest absolute Gasteiger partial charge is 0.273 e. The standard InChI is InChI=1S/C13H11N5OS/c19-13(15-8-12-14-6-7-20-12)11-9-18(17-16-11)10-4-2-1-3-5-10/h1-7,9H,8H2,(H,15,19). The van der Waals surface area contributed by atoms with Gasteiger partial charge in [0.2, 0.25) is 0 Å². The molecule has 0 spiro atoms. The van der Waals surface area contributed by atoms with Crippen molar-refractivity contribution in [3.05, 3.63) is 58.8 Å². The average Bonchev–Trinajstić information content (AvgIpc) is 3.17. The number of rotatable bonds is 4. The van der Waals surface area contributed by atoms with Gasteiger partial charge >= 0.3 is 0 Å². The van der Waals surface area contributed by atoms with Crippen molar-refractivity contribution in [1.29, 1.82) is 0 Å². The molecule has 2 heterocycles. The highest BCUT2D eigenvalue weighted by molar-refractivity contribution is 7.09. The summed E-state index contributed by atoms with van der Waals surface area (Å²) < 4.78 is 1.57. The Labute approximate surface area is 119 Å². The Morgan fingerprint density at radius 1 is 1.30 bits per heavy atom. The van der Waals surface area contributed by atoms with Gasteiger partial charge in [-0.2, -0.15) is 0 Å². The van der Waals surface area contributed by atoms with Gasteiger partial charge < -0.3 is 5.32 Å². The highest BCUT2D eigenvalue weighted by Crippen LogP contribution is 2.06. The SMILES string of the molecule is O=C(NCc1nccs1)c1cn(-c2ccccc2)nn1. The van der Waals surface area contributed by atoms with Crippen molar-refractivity contribution in [2.75, 3.05) is 0 Å². The van der Waals surface area contributed by atoms with E-state index in [1.165, 1.54) is 11.3 Å². The first-order valence-corrected chi connectivity index (χ1v) is 6.85. The maximum atomic E-state index is 11.9. The summed E-state index contributed by atoms with van der Waals surface area (Å²) in [6, 6.07) is 9.51. The predicted molar refractivity (Wildman–Crippen MR) is 74.6 cm³/mol. The van der Waals surface area contributed by atoms with Crippen LogP contribution in [0.5, 0.6) is 0 Å². The Morgan fingerprint density at radius 3 is 2.90 bits per heavy atom. The minimum absolute atomic E-state index is 0.262. The number of nitrogens with one attached hydrogen (secondary N) is 1. The molecule has 0 saturated carbocycles. The fraction of sp³-hybridized carbons (Fsp3) is 0.0769. The Hall–Kier alpha value is -2.54. The van der Waals surface area contributed by atoms with Crippen molar-refractivity contribution < 1.29 is 4.79 Å². The summed E-state index contributed by atoms with van der Waals surface area (Å²) in [5, 5.41) is 13.3. The fourth-order valence-corrected chi connectivity index (χ4v) is 2.22. The van der Waals surface area contributed by atoms with E-state index in [0.29, 0.717) is 6.54 Å². The normalized spacial score (nSPS) is 10.4. The molecule has 6 nitrogen and oxygen atoms in total. The third kappa shape index (κ3) is 2.72. The first-order valence-electron chi connectivity index (χ1n) is 5.97. The largest absolute Gasteiger partial charge is 0.344 e. The van der Waals surface area contributed by atoms with Crippen LogP contribution in [-0.4, -0.2) is 25.9 Å². The molecule has 0 atom stereocenters. The molecule has 3 rings (SSSR count). The molecule has 1 amide bonds. The zero-order valence-electron chi connectivity index (χ0n) is 10.4. The van der Waals surface area contributed by atoms with E-state index < -0.39 is 0 Å². The van der Waals surface area contributed by atoms with Crippen LogP contribution in [0, 0.1) is 0 Å². The second-order valence-corrected chi connectivity index (χ2v) is 4.97. The predicted octanol–water partition coefficient (Wildman–Crippen LogP) is 1.65. The number of carbonyl (C=O) groups is 1. The lowest BCUT2D eigenvalue weighted by molar-refractivity contribution is 0.0946. The molecule has 2 aromatic heterocycles. The Balaban J connectivity index is 1.69. The van der Waals surface area contributed by atoms with Crippen LogP contribution in [0.15, 0.2) is 48.1 Å². The number of thiazole rings is 1. The summed E-state index contributed by atoms with van der Waals surface area (Å²) in [5.41, 5.74) is 1.14. The van der Waals surface area contributed by atoms with Crippen LogP contribution in [0.4, 0.5) is 0 Å². The van der Waals surface area contributed by atoms with Crippen LogP contribution in [0.1, 0.15) is 15.5 Å². The number of hydrogen-bond donors (Lipinski definition) is 1. The van der Waals surface area contributed by atoms with Crippen LogP contribution in [-0.2, 0) is 6.54 Å². The number of hydrogen-bond acceptors (Lipinski definition) is 5. The quantitative estimate of drug-likeness (QED) is 0.791. The molecule has 0 fully saturated rings. The molecule has 100 valence electrons.